The molecule has 0 heterocycles. The summed E-state index contributed by atoms with van der Waals surface area (Å²) in [4.78, 5) is 3.76. The summed E-state index contributed by atoms with van der Waals surface area (Å²) in [6.07, 6.45) is 14.9. The van der Waals surface area contributed by atoms with Gasteiger partial charge < -0.3 is 0 Å². The Morgan fingerprint density at radius 1 is 1.44 bits per heavy atom. The molecule has 0 unspecified atom stereocenters. The highest BCUT2D eigenvalue weighted by atomic mass is 14.6. The van der Waals surface area contributed by atoms with Crippen molar-refractivity contribution < 1.29 is 0 Å². The van der Waals surface area contributed by atoms with Gasteiger partial charge in [0.2, 0.25) is 0 Å². The zero-order chi connectivity index (χ0) is 7.54. The van der Waals surface area contributed by atoms with Crippen molar-refractivity contribution in [3.05, 3.63) is 12.2 Å². The molecule has 0 rings (SSSR count). The summed E-state index contributed by atoms with van der Waals surface area (Å²) >= 11 is 0. The molecule has 0 atom stereocenters. The van der Waals surface area contributed by atoms with Crippen LogP contribution in [0.4, 0.5) is 0 Å². The largest absolute Gasteiger partial charge is 0.297 e. The predicted molar refractivity (Wildman–Crippen MR) is 43.7 cm³/mol. The monoisotopic (exact) mass is 123 g/mol. The average molecular weight is 123 g/mol. The van der Waals surface area contributed by atoms with Crippen LogP contribution in [0.15, 0.2) is 17.1 Å². The van der Waals surface area contributed by atoms with Gasteiger partial charge in [0.25, 0.3) is 0 Å². The zero-order valence-electron chi connectivity index (χ0n) is 6.04. The van der Waals surface area contributed by atoms with E-state index in [2.05, 4.69) is 30.8 Å². The Balaban J connectivity index is 0. The van der Waals surface area contributed by atoms with Gasteiger partial charge in [0.1, 0.15) is 0 Å². The first-order chi connectivity index (χ1) is 4.41. The summed E-state index contributed by atoms with van der Waals surface area (Å²) < 4.78 is 0. The third kappa shape index (κ3) is 19.5. The van der Waals surface area contributed by atoms with Crippen LogP contribution in [0, 0.1) is 12.8 Å². The van der Waals surface area contributed by atoms with Crippen molar-refractivity contribution >= 4 is 6.21 Å². The van der Waals surface area contributed by atoms with Crippen molar-refractivity contribution in [2.75, 3.05) is 7.05 Å². The summed E-state index contributed by atoms with van der Waals surface area (Å²) in [7, 11) is 1.76. The van der Waals surface area contributed by atoms with Crippen molar-refractivity contribution in [3.63, 3.8) is 0 Å². The molecule has 0 fully saturated rings. The summed E-state index contributed by atoms with van der Waals surface area (Å²) in [6.45, 7) is 2.10. The highest BCUT2D eigenvalue weighted by molar-refractivity contribution is 5.70. The number of rotatable bonds is 2. The molecule has 0 aromatic carbocycles. The number of allylic oxidation sites excluding steroid dienone is 2. The van der Waals surface area contributed by atoms with Gasteiger partial charge in [-0.25, -0.2) is 0 Å². The molecule has 0 aliphatic carbocycles. The van der Waals surface area contributed by atoms with E-state index in [1.54, 1.807) is 13.3 Å². The van der Waals surface area contributed by atoms with E-state index in [1.165, 1.54) is 0 Å². The second-order valence-corrected chi connectivity index (χ2v) is 1.24. The number of hydrogen-bond donors (Lipinski definition) is 0. The Hall–Kier alpha value is -1.03. The normalized spacial score (nSPS) is 9.33. The van der Waals surface area contributed by atoms with Gasteiger partial charge >= 0.3 is 0 Å². The minimum atomic E-state index is 1.09. The van der Waals surface area contributed by atoms with E-state index in [4.69, 9.17) is 0 Å². The fourth-order valence-corrected chi connectivity index (χ4v) is 0.283. The summed E-state index contributed by atoms with van der Waals surface area (Å²) in [5, 5.41) is 0. The maximum absolute atomic E-state index is 4.00. The molecule has 0 saturated carbocycles. The van der Waals surface area contributed by atoms with Crippen LogP contribution >= 0.6 is 0 Å². The van der Waals surface area contributed by atoms with Gasteiger partial charge in [-0.05, 0) is 12.5 Å². The lowest BCUT2D eigenvalue weighted by Crippen LogP contribution is -1.59. The van der Waals surface area contributed by atoms with Crippen LogP contribution in [-0.4, -0.2) is 13.3 Å². The summed E-state index contributed by atoms with van der Waals surface area (Å²) in [5.41, 5.74) is 0. The number of hydrogen-bond acceptors (Lipinski definition) is 1. The third-order valence-electron chi connectivity index (χ3n) is 0.607. The van der Waals surface area contributed by atoms with Gasteiger partial charge in [-0.3, -0.25) is 4.99 Å². The van der Waals surface area contributed by atoms with Gasteiger partial charge in [-0.2, -0.15) is 0 Å². The number of nitrogens with zero attached hydrogens (tertiary/aromatic N) is 1. The maximum atomic E-state index is 4.00. The number of terminal acetylenes is 1. The Morgan fingerprint density at radius 3 is 2.33 bits per heavy atom. The minimum absolute atomic E-state index is 1.09. The van der Waals surface area contributed by atoms with E-state index in [0.29, 0.717) is 0 Å². The van der Waals surface area contributed by atoms with Gasteiger partial charge in [0, 0.05) is 13.3 Å². The molecule has 0 aromatic rings. The van der Waals surface area contributed by atoms with Gasteiger partial charge in [0.15, 0.2) is 0 Å². The zero-order valence-corrected chi connectivity index (χ0v) is 6.04. The van der Waals surface area contributed by atoms with Gasteiger partial charge in [-0.1, -0.05) is 13.0 Å². The van der Waals surface area contributed by atoms with Crippen LogP contribution in [0.5, 0.6) is 0 Å². The highest BCUT2D eigenvalue weighted by Gasteiger charge is 1.58. The molecule has 0 amide bonds. The second kappa shape index (κ2) is 15.8. The van der Waals surface area contributed by atoms with E-state index in [9.17, 15) is 0 Å². The predicted octanol–water partition coefficient (Wildman–Crippen LogP) is 1.90. The van der Waals surface area contributed by atoms with Crippen LogP contribution in [0.2, 0.25) is 0 Å². The average Bonchev–Trinajstić information content (AvgIpc) is 1.94. The maximum Gasteiger partial charge on any atom is 0.0277 e. The van der Waals surface area contributed by atoms with Crippen molar-refractivity contribution in [1.29, 1.82) is 0 Å². The fraction of sp³-hybridized carbons (Fsp3) is 0.375. The topological polar surface area (TPSA) is 12.4 Å². The first-order valence-corrected chi connectivity index (χ1v) is 2.82. The molecule has 0 radical (unpaired) electrons. The standard InChI is InChI=1S/C6H11N.C2H2/c1-3-4-5-6-7-2;1-2/h4-6H,3H2,1-2H3;1-2H/b5-4-,7-6?;. The molecular formula is C8H13N. The third-order valence-corrected chi connectivity index (χ3v) is 0.607. The van der Waals surface area contributed by atoms with E-state index in [-0.39, 0.29) is 0 Å². The van der Waals surface area contributed by atoms with Crippen molar-refractivity contribution in [1.82, 2.24) is 0 Å². The van der Waals surface area contributed by atoms with Crippen LogP contribution in [0.25, 0.3) is 0 Å². The molecule has 0 aliphatic rings. The molecular weight excluding hydrogens is 110 g/mol. The molecule has 0 bridgehead atoms. The lowest BCUT2D eigenvalue weighted by Gasteiger charge is -1.70. The Bertz CT molecular complexity index is 98.4. The Morgan fingerprint density at radius 2 is 2.00 bits per heavy atom. The molecule has 0 N–H and O–H groups in total. The van der Waals surface area contributed by atoms with Crippen LogP contribution < -0.4 is 0 Å². The van der Waals surface area contributed by atoms with E-state index in [1.807, 2.05) is 6.08 Å². The second-order valence-electron chi connectivity index (χ2n) is 1.24. The first-order valence-electron chi connectivity index (χ1n) is 2.82. The first kappa shape index (κ1) is 10.9. The molecule has 0 saturated heterocycles. The van der Waals surface area contributed by atoms with Crippen molar-refractivity contribution in [2.24, 2.45) is 4.99 Å². The van der Waals surface area contributed by atoms with Crippen molar-refractivity contribution in [2.45, 2.75) is 13.3 Å². The molecule has 0 spiro atoms. The van der Waals surface area contributed by atoms with Gasteiger partial charge in [-0.15, -0.1) is 12.8 Å². The van der Waals surface area contributed by atoms with Gasteiger partial charge in [0.05, 0.1) is 0 Å². The highest BCUT2D eigenvalue weighted by Crippen LogP contribution is 1.74. The van der Waals surface area contributed by atoms with Crippen LogP contribution in [0.3, 0.4) is 0 Å². The molecule has 1 heteroatoms. The lowest BCUT2D eigenvalue weighted by molar-refractivity contribution is 1.23. The smallest absolute Gasteiger partial charge is 0.0277 e. The van der Waals surface area contributed by atoms with E-state index < -0.39 is 0 Å². The lowest BCUT2D eigenvalue weighted by atomic mass is 10.4. The molecule has 9 heavy (non-hydrogen) atoms. The van der Waals surface area contributed by atoms with E-state index >= 15 is 0 Å². The Labute approximate surface area is 57.5 Å². The summed E-state index contributed by atoms with van der Waals surface area (Å²) in [6, 6.07) is 0. The molecule has 50 valence electrons. The number of aliphatic imine (C=N–C) groups is 1. The SMILES string of the molecule is C#C.CC/C=C\C=NC. The van der Waals surface area contributed by atoms with Crippen LogP contribution in [-0.2, 0) is 0 Å². The van der Waals surface area contributed by atoms with Crippen LogP contribution in [0.1, 0.15) is 13.3 Å². The molecule has 0 aliphatic heterocycles. The summed E-state index contributed by atoms with van der Waals surface area (Å²) in [5.74, 6) is 0. The quantitative estimate of drug-likeness (QED) is 0.393. The van der Waals surface area contributed by atoms with E-state index in [0.717, 1.165) is 6.42 Å². The molecule has 1 nitrogen and oxygen atoms in total. The van der Waals surface area contributed by atoms with Crippen molar-refractivity contribution in [3.8, 4) is 12.8 Å². The fourth-order valence-electron chi connectivity index (χ4n) is 0.283. The minimum Gasteiger partial charge on any atom is -0.297 e. The Kier molecular flexibility index (Phi) is 19.0. The molecule has 0 aromatic heterocycles.